The largest absolute Gasteiger partial charge is 0.378 e. The second-order valence-corrected chi connectivity index (χ2v) is 7.89. The Bertz CT molecular complexity index is 1170. The third kappa shape index (κ3) is 3.71. The van der Waals surface area contributed by atoms with Gasteiger partial charge in [-0.25, -0.2) is 4.68 Å². The van der Waals surface area contributed by atoms with E-state index in [1.54, 1.807) is 10.7 Å². The molecule has 1 amide bonds. The van der Waals surface area contributed by atoms with Gasteiger partial charge in [-0.3, -0.25) is 14.9 Å². The molecule has 1 aliphatic heterocycles. The van der Waals surface area contributed by atoms with Crippen molar-refractivity contribution < 1.29 is 14.5 Å². The van der Waals surface area contributed by atoms with E-state index >= 15 is 0 Å². The lowest BCUT2D eigenvalue weighted by molar-refractivity contribution is -0.384. The van der Waals surface area contributed by atoms with Gasteiger partial charge in [-0.2, -0.15) is 5.10 Å². The molecule has 1 fully saturated rings. The zero-order valence-corrected chi connectivity index (χ0v) is 17.5. The van der Waals surface area contributed by atoms with Crippen molar-refractivity contribution >= 4 is 23.1 Å². The van der Waals surface area contributed by atoms with Crippen molar-refractivity contribution in [2.45, 2.75) is 19.3 Å². The van der Waals surface area contributed by atoms with Crippen LogP contribution in [-0.4, -0.2) is 46.9 Å². The maximum atomic E-state index is 13.5. The minimum atomic E-state index is -0.480. The van der Waals surface area contributed by atoms with Crippen LogP contribution in [0.4, 0.5) is 17.2 Å². The van der Waals surface area contributed by atoms with Gasteiger partial charge in [0.2, 0.25) is 0 Å². The Morgan fingerprint density at radius 3 is 2.62 bits per heavy atom. The summed E-state index contributed by atoms with van der Waals surface area (Å²) in [6, 6.07) is 14.1. The van der Waals surface area contributed by atoms with Crippen molar-refractivity contribution in [2.75, 3.05) is 36.5 Å². The van der Waals surface area contributed by atoms with Crippen molar-refractivity contribution in [3.05, 3.63) is 75.5 Å². The molecule has 2 heterocycles. The highest BCUT2D eigenvalue weighted by atomic mass is 16.6. The molecular weight excluding hydrogens is 410 g/mol. The number of para-hydroxylation sites is 1. The van der Waals surface area contributed by atoms with Crippen LogP contribution in [0.3, 0.4) is 0 Å². The van der Waals surface area contributed by atoms with Crippen molar-refractivity contribution in [2.24, 2.45) is 0 Å². The number of anilines is 2. The molecule has 1 N–H and O–H groups in total. The van der Waals surface area contributed by atoms with E-state index in [0.717, 1.165) is 36.2 Å². The van der Waals surface area contributed by atoms with Crippen LogP contribution in [0.2, 0.25) is 0 Å². The number of nitrogens with zero attached hydrogens (tertiary/aromatic N) is 4. The van der Waals surface area contributed by atoms with E-state index in [0.29, 0.717) is 37.8 Å². The fourth-order valence-electron chi connectivity index (χ4n) is 4.35. The molecule has 32 heavy (non-hydrogen) atoms. The summed E-state index contributed by atoms with van der Waals surface area (Å²) in [5.74, 6) is 0.245. The Labute approximate surface area is 184 Å². The molecule has 2 aliphatic rings. The first-order valence-corrected chi connectivity index (χ1v) is 10.7. The molecule has 0 radical (unpaired) electrons. The van der Waals surface area contributed by atoms with Gasteiger partial charge < -0.3 is 15.0 Å². The summed E-state index contributed by atoms with van der Waals surface area (Å²) in [5, 5.41) is 19.2. The van der Waals surface area contributed by atoms with E-state index in [1.165, 1.54) is 12.1 Å². The molecule has 1 saturated heterocycles. The van der Waals surface area contributed by atoms with Crippen LogP contribution in [0.1, 0.15) is 28.0 Å². The number of fused-ring (bicyclic) bond motifs is 1. The van der Waals surface area contributed by atoms with Crippen LogP contribution in [0, 0.1) is 10.1 Å². The van der Waals surface area contributed by atoms with E-state index in [4.69, 9.17) is 9.84 Å². The van der Waals surface area contributed by atoms with Crippen LogP contribution in [0.25, 0.3) is 5.69 Å². The Kier molecular flexibility index (Phi) is 5.32. The Morgan fingerprint density at radius 1 is 1.09 bits per heavy atom. The van der Waals surface area contributed by atoms with Gasteiger partial charge in [0.25, 0.3) is 11.6 Å². The number of aryl methyl sites for hydroxylation is 1. The minimum Gasteiger partial charge on any atom is -0.378 e. The predicted octanol–water partition coefficient (Wildman–Crippen LogP) is 3.36. The summed E-state index contributed by atoms with van der Waals surface area (Å²) in [4.78, 5) is 26.4. The van der Waals surface area contributed by atoms with Gasteiger partial charge >= 0.3 is 0 Å². The Morgan fingerprint density at radius 2 is 1.88 bits per heavy atom. The monoisotopic (exact) mass is 433 g/mol. The third-order valence-electron chi connectivity index (χ3n) is 5.93. The van der Waals surface area contributed by atoms with E-state index in [2.05, 4.69) is 5.32 Å². The van der Waals surface area contributed by atoms with Crippen molar-refractivity contribution in [3.63, 3.8) is 0 Å². The summed E-state index contributed by atoms with van der Waals surface area (Å²) in [7, 11) is 0. The lowest BCUT2D eigenvalue weighted by atomic mass is 10.1. The zero-order valence-electron chi connectivity index (χ0n) is 17.5. The number of non-ortho nitro benzene ring substituents is 1. The van der Waals surface area contributed by atoms with Crippen LogP contribution in [0.15, 0.2) is 48.5 Å². The number of aromatic nitrogens is 2. The quantitative estimate of drug-likeness (QED) is 0.489. The predicted molar refractivity (Wildman–Crippen MR) is 120 cm³/mol. The van der Waals surface area contributed by atoms with Crippen molar-refractivity contribution in [1.82, 2.24) is 9.78 Å². The second kappa shape index (κ2) is 8.43. The zero-order chi connectivity index (χ0) is 22.1. The maximum absolute atomic E-state index is 13.5. The molecule has 0 unspecified atom stereocenters. The van der Waals surface area contributed by atoms with Crippen molar-refractivity contribution in [1.29, 1.82) is 0 Å². The first-order valence-electron chi connectivity index (χ1n) is 10.7. The molecule has 1 aliphatic carbocycles. The molecule has 0 bridgehead atoms. The summed E-state index contributed by atoms with van der Waals surface area (Å²) < 4.78 is 7.18. The minimum absolute atomic E-state index is 0.117. The second-order valence-electron chi connectivity index (χ2n) is 7.89. The standard InChI is InChI=1S/C23H23N5O4/c29-23(19-15-17(28(30)31)9-10-21(19)26-11-13-32-14-12-26)24-22-18-7-4-8-20(18)25-27(22)16-5-2-1-3-6-16/h1-3,5-6,9-10,15H,4,7-8,11-14H2,(H,24,29). The van der Waals surface area contributed by atoms with E-state index in [9.17, 15) is 14.9 Å². The molecule has 0 spiro atoms. The number of ether oxygens (including phenoxy) is 1. The van der Waals surface area contributed by atoms with E-state index in [1.807, 2.05) is 35.2 Å². The average molecular weight is 433 g/mol. The Balaban J connectivity index is 1.54. The molecular formula is C23H23N5O4. The SMILES string of the molecule is O=C(Nc1c2c(nn1-c1ccccc1)CCC2)c1cc([N+](=O)[O-])ccc1N1CCOCC1. The van der Waals surface area contributed by atoms with Gasteiger partial charge in [-0.1, -0.05) is 18.2 Å². The summed E-state index contributed by atoms with van der Waals surface area (Å²) in [6.07, 6.45) is 2.70. The number of benzene rings is 2. The number of hydrogen-bond acceptors (Lipinski definition) is 6. The molecule has 5 rings (SSSR count). The highest BCUT2D eigenvalue weighted by molar-refractivity contribution is 6.08. The number of rotatable bonds is 5. The number of hydrogen-bond donors (Lipinski definition) is 1. The van der Waals surface area contributed by atoms with Crippen LogP contribution < -0.4 is 10.2 Å². The van der Waals surface area contributed by atoms with E-state index in [-0.39, 0.29) is 17.2 Å². The molecule has 0 saturated carbocycles. The molecule has 3 aromatic rings. The first-order chi connectivity index (χ1) is 15.6. The number of nitro groups is 1. The van der Waals surface area contributed by atoms with Crippen LogP contribution in [0.5, 0.6) is 0 Å². The normalized spacial score (nSPS) is 15.4. The molecule has 0 atom stereocenters. The smallest absolute Gasteiger partial charge is 0.270 e. The summed E-state index contributed by atoms with van der Waals surface area (Å²) in [6.45, 7) is 2.34. The summed E-state index contributed by atoms with van der Waals surface area (Å²) in [5.41, 5.74) is 3.68. The molecule has 2 aromatic carbocycles. The van der Waals surface area contributed by atoms with Gasteiger partial charge in [0.05, 0.1) is 40.8 Å². The number of carbonyl (C=O) groups is 1. The maximum Gasteiger partial charge on any atom is 0.270 e. The van der Waals surface area contributed by atoms with E-state index < -0.39 is 4.92 Å². The number of carbonyl (C=O) groups excluding carboxylic acids is 1. The van der Waals surface area contributed by atoms with Crippen LogP contribution in [-0.2, 0) is 17.6 Å². The molecule has 164 valence electrons. The fourth-order valence-corrected chi connectivity index (χ4v) is 4.35. The molecule has 1 aromatic heterocycles. The third-order valence-corrected chi connectivity index (χ3v) is 5.93. The summed E-state index contributed by atoms with van der Waals surface area (Å²) >= 11 is 0. The van der Waals surface area contributed by atoms with Crippen LogP contribution >= 0.6 is 0 Å². The van der Waals surface area contributed by atoms with Gasteiger partial charge in [0, 0.05) is 30.8 Å². The highest BCUT2D eigenvalue weighted by Gasteiger charge is 2.27. The van der Waals surface area contributed by atoms with Gasteiger partial charge in [-0.15, -0.1) is 0 Å². The number of nitrogens with one attached hydrogen (secondary N) is 1. The first kappa shape index (κ1) is 20.2. The highest BCUT2D eigenvalue weighted by Crippen LogP contribution is 2.33. The molecule has 9 nitrogen and oxygen atoms in total. The van der Waals surface area contributed by atoms with Gasteiger partial charge in [-0.05, 0) is 37.5 Å². The fraction of sp³-hybridized carbons (Fsp3) is 0.304. The topological polar surface area (TPSA) is 103 Å². The van der Waals surface area contributed by atoms with Gasteiger partial charge in [0.15, 0.2) is 0 Å². The lowest BCUT2D eigenvalue weighted by Crippen LogP contribution is -2.37. The Hall–Kier alpha value is -3.72. The lowest BCUT2D eigenvalue weighted by Gasteiger charge is -2.30. The number of nitro benzene ring substituents is 1. The molecule has 9 heteroatoms. The average Bonchev–Trinajstić information content (AvgIpc) is 3.42. The number of morpholine rings is 1. The number of amides is 1. The van der Waals surface area contributed by atoms with Gasteiger partial charge in [0.1, 0.15) is 5.82 Å². The van der Waals surface area contributed by atoms with Crippen molar-refractivity contribution in [3.8, 4) is 5.69 Å².